The van der Waals surface area contributed by atoms with Crippen molar-refractivity contribution < 1.29 is 35.9 Å². The number of halogens is 6. The van der Waals surface area contributed by atoms with Crippen LogP contribution in [0.3, 0.4) is 0 Å². The van der Waals surface area contributed by atoms with Crippen molar-refractivity contribution in [3.8, 4) is 0 Å². The number of amides is 2. The van der Waals surface area contributed by atoms with Crippen molar-refractivity contribution in [2.24, 2.45) is 5.92 Å². The van der Waals surface area contributed by atoms with Gasteiger partial charge in [0.2, 0.25) is 11.8 Å². The summed E-state index contributed by atoms with van der Waals surface area (Å²) in [5.74, 6) is -0.920. The van der Waals surface area contributed by atoms with Crippen molar-refractivity contribution in [3.05, 3.63) is 47.5 Å². The van der Waals surface area contributed by atoms with Crippen molar-refractivity contribution in [1.29, 1.82) is 0 Å². The fourth-order valence-corrected chi connectivity index (χ4v) is 2.97. The van der Waals surface area contributed by atoms with E-state index in [1.54, 1.807) is 7.05 Å². The Morgan fingerprint density at radius 2 is 1.79 bits per heavy atom. The van der Waals surface area contributed by atoms with Crippen molar-refractivity contribution in [2.75, 3.05) is 26.7 Å². The summed E-state index contributed by atoms with van der Waals surface area (Å²) < 4.78 is 77.5. The molecule has 28 heavy (non-hydrogen) atoms. The van der Waals surface area contributed by atoms with E-state index >= 15 is 0 Å². The summed E-state index contributed by atoms with van der Waals surface area (Å²) >= 11 is 0. The molecule has 1 aliphatic heterocycles. The molecule has 10 heteroatoms. The topological polar surface area (TPSA) is 40.6 Å². The smallest absolute Gasteiger partial charge is 0.342 e. The van der Waals surface area contributed by atoms with Crippen LogP contribution in [0.1, 0.15) is 16.7 Å². The van der Waals surface area contributed by atoms with E-state index in [0.29, 0.717) is 18.7 Å². The van der Waals surface area contributed by atoms with Crippen molar-refractivity contribution in [3.63, 3.8) is 0 Å². The van der Waals surface area contributed by atoms with Gasteiger partial charge >= 0.3 is 12.4 Å². The van der Waals surface area contributed by atoms with Gasteiger partial charge in [0.05, 0.1) is 17.5 Å². The lowest BCUT2D eigenvalue weighted by atomic mass is 9.96. The first-order valence-electron chi connectivity index (χ1n) is 8.25. The summed E-state index contributed by atoms with van der Waals surface area (Å²) in [6.07, 6.45) is -9.43. The number of nitrogens with zero attached hydrogens (tertiary/aromatic N) is 2. The Morgan fingerprint density at radius 1 is 1.18 bits per heavy atom. The average molecular weight is 408 g/mol. The minimum Gasteiger partial charge on any atom is -0.342 e. The molecule has 154 valence electrons. The maximum atomic E-state index is 13.1. The van der Waals surface area contributed by atoms with Gasteiger partial charge < -0.3 is 9.80 Å². The van der Waals surface area contributed by atoms with Crippen LogP contribution < -0.4 is 0 Å². The van der Waals surface area contributed by atoms with Crippen LogP contribution in [-0.2, 0) is 28.4 Å². The number of alkyl halides is 6. The molecule has 0 spiro atoms. The zero-order valence-corrected chi connectivity index (χ0v) is 14.9. The molecule has 1 aliphatic rings. The third-order valence-corrected chi connectivity index (χ3v) is 4.48. The highest BCUT2D eigenvalue weighted by atomic mass is 19.4. The Kier molecular flexibility index (Phi) is 6.10. The second-order valence-corrected chi connectivity index (χ2v) is 6.63. The van der Waals surface area contributed by atoms with Gasteiger partial charge in [-0.3, -0.25) is 9.59 Å². The number of hydrogen-bond donors (Lipinski definition) is 0. The number of carbonyl (C=O) groups is 2. The molecule has 0 unspecified atom stereocenters. The summed E-state index contributed by atoms with van der Waals surface area (Å²) in [7, 11) is 1.56. The maximum absolute atomic E-state index is 13.1. The summed E-state index contributed by atoms with van der Waals surface area (Å²) in [6, 6.07) is 1.25. The van der Waals surface area contributed by atoms with Crippen LogP contribution in [0.5, 0.6) is 0 Å². The molecule has 2 amide bonds. The van der Waals surface area contributed by atoms with Gasteiger partial charge in [-0.25, -0.2) is 0 Å². The minimum absolute atomic E-state index is 0.0208. The molecular weight excluding hydrogens is 390 g/mol. The van der Waals surface area contributed by atoms with Crippen LogP contribution in [0.4, 0.5) is 26.3 Å². The Hall–Kier alpha value is -2.52. The van der Waals surface area contributed by atoms with Gasteiger partial charge in [-0.2, -0.15) is 26.3 Å². The number of hydrogen-bond acceptors (Lipinski definition) is 2. The molecule has 1 aromatic carbocycles. The van der Waals surface area contributed by atoms with E-state index in [1.807, 2.05) is 0 Å². The quantitative estimate of drug-likeness (QED) is 0.554. The highest BCUT2D eigenvalue weighted by Gasteiger charge is 2.39. The molecule has 1 fully saturated rings. The van der Waals surface area contributed by atoms with Crippen LogP contribution in [0, 0.1) is 5.92 Å². The molecule has 0 aliphatic carbocycles. The second kappa shape index (κ2) is 7.84. The monoisotopic (exact) mass is 408 g/mol. The van der Waals surface area contributed by atoms with Crippen LogP contribution in [0.15, 0.2) is 30.9 Å². The van der Waals surface area contributed by atoms with Crippen LogP contribution >= 0.6 is 0 Å². The lowest BCUT2D eigenvalue weighted by molar-refractivity contribution is -0.143. The highest BCUT2D eigenvalue weighted by Crippen LogP contribution is 2.37. The molecule has 0 saturated carbocycles. The van der Waals surface area contributed by atoms with E-state index in [-0.39, 0.29) is 31.0 Å². The largest absolute Gasteiger partial charge is 0.416 e. The van der Waals surface area contributed by atoms with Gasteiger partial charge in [-0.15, -0.1) is 0 Å². The average Bonchev–Trinajstić information content (AvgIpc) is 2.54. The predicted molar refractivity (Wildman–Crippen MR) is 88.1 cm³/mol. The molecule has 0 radical (unpaired) electrons. The van der Waals surface area contributed by atoms with Gasteiger partial charge in [-0.1, -0.05) is 12.6 Å². The molecule has 2 rings (SSSR count). The molecule has 1 saturated heterocycles. The van der Waals surface area contributed by atoms with E-state index in [0.717, 1.165) is 6.08 Å². The number of benzene rings is 1. The number of rotatable bonds is 5. The van der Waals surface area contributed by atoms with Crippen molar-refractivity contribution >= 4 is 11.8 Å². The fourth-order valence-electron chi connectivity index (χ4n) is 2.97. The van der Waals surface area contributed by atoms with E-state index in [1.165, 1.54) is 9.80 Å². The molecule has 0 aromatic heterocycles. The zero-order valence-electron chi connectivity index (χ0n) is 14.9. The molecule has 0 N–H and O–H groups in total. The van der Waals surface area contributed by atoms with Crippen molar-refractivity contribution in [2.45, 2.75) is 18.8 Å². The molecule has 0 atom stereocenters. The standard InChI is InChI=1S/C18H18F6N2O2/c1-3-15(27)25(2)8-11-9-26(10-11)16(28)6-12-4-5-13(17(19,20)21)7-14(12)18(22,23)24/h3-5,7,11H,1,6,8-10H2,2H3. The van der Waals surface area contributed by atoms with E-state index in [9.17, 15) is 35.9 Å². The van der Waals surface area contributed by atoms with Crippen LogP contribution in [-0.4, -0.2) is 48.3 Å². The normalized spacial score (nSPS) is 15.2. The SMILES string of the molecule is C=CC(=O)N(C)CC1CN(C(=O)Cc2ccc(C(F)(F)F)cc2C(F)(F)F)C1. The molecule has 1 aromatic rings. The van der Waals surface area contributed by atoms with E-state index < -0.39 is 41.4 Å². The molecule has 0 bridgehead atoms. The number of carbonyl (C=O) groups excluding carboxylic acids is 2. The summed E-state index contributed by atoms with van der Waals surface area (Å²) in [6.45, 7) is 4.24. The van der Waals surface area contributed by atoms with Crippen molar-refractivity contribution in [1.82, 2.24) is 9.80 Å². The van der Waals surface area contributed by atoms with Crippen LogP contribution in [0.2, 0.25) is 0 Å². The second-order valence-electron chi connectivity index (χ2n) is 6.63. The summed E-state index contributed by atoms with van der Waals surface area (Å²) in [4.78, 5) is 26.4. The minimum atomic E-state index is -5.01. The first-order chi connectivity index (χ1) is 12.8. The molecule has 1 heterocycles. The molecular formula is C18H18F6N2O2. The van der Waals surface area contributed by atoms with Gasteiger partial charge in [0.1, 0.15) is 0 Å². The first-order valence-corrected chi connectivity index (χ1v) is 8.25. The number of likely N-dealkylation sites (N-methyl/N-ethyl adjacent to an activating group) is 1. The molecule has 4 nitrogen and oxygen atoms in total. The van der Waals surface area contributed by atoms with Gasteiger partial charge in [-0.05, 0) is 23.8 Å². The fraction of sp³-hybridized carbons (Fsp3) is 0.444. The highest BCUT2D eigenvalue weighted by molar-refractivity contribution is 5.86. The summed E-state index contributed by atoms with van der Waals surface area (Å²) in [5.41, 5.74) is -3.40. The zero-order chi connectivity index (χ0) is 21.3. The Balaban J connectivity index is 2.05. The lowest BCUT2D eigenvalue weighted by Crippen LogP contribution is -2.54. The summed E-state index contributed by atoms with van der Waals surface area (Å²) in [5, 5.41) is 0. The first kappa shape index (κ1) is 21.8. The van der Waals surface area contributed by atoms with Gasteiger partial charge in [0, 0.05) is 32.6 Å². The van der Waals surface area contributed by atoms with Gasteiger partial charge in [0.15, 0.2) is 0 Å². The van der Waals surface area contributed by atoms with Crippen LogP contribution in [0.25, 0.3) is 0 Å². The Labute approximate surface area is 157 Å². The number of likely N-dealkylation sites (tertiary alicyclic amines) is 1. The van der Waals surface area contributed by atoms with Gasteiger partial charge in [0.25, 0.3) is 0 Å². The third-order valence-electron chi connectivity index (χ3n) is 4.48. The maximum Gasteiger partial charge on any atom is 0.416 e. The lowest BCUT2D eigenvalue weighted by Gasteiger charge is -2.41. The Morgan fingerprint density at radius 3 is 2.29 bits per heavy atom. The predicted octanol–water partition coefficient (Wildman–Crippen LogP) is 3.37. The van der Waals surface area contributed by atoms with E-state index in [4.69, 9.17) is 0 Å². The van der Waals surface area contributed by atoms with E-state index in [2.05, 4.69) is 6.58 Å². The third kappa shape index (κ3) is 5.05. The Bertz CT molecular complexity index is 766.